The van der Waals surface area contributed by atoms with Gasteiger partial charge in [0.15, 0.2) is 0 Å². The van der Waals surface area contributed by atoms with E-state index in [1.807, 2.05) is 42.1 Å². The summed E-state index contributed by atoms with van der Waals surface area (Å²) < 4.78 is 4.71. The average Bonchev–Trinajstić information content (AvgIpc) is 3.35. The van der Waals surface area contributed by atoms with Crippen molar-refractivity contribution in [2.45, 2.75) is 37.4 Å². The lowest BCUT2D eigenvalue weighted by Crippen LogP contribution is -2.57. The second kappa shape index (κ2) is 8.36. The Bertz CT molecular complexity index is 773. The highest BCUT2D eigenvalue weighted by atomic mass is 32.2. The predicted molar refractivity (Wildman–Crippen MR) is 110 cm³/mol. The summed E-state index contributed by atoms with van der Waals surface area (Å²) in [5.74, 6) is 1.49. The van der Waals surface area contributed by atoms with Crippen LogP contribution in [0.5, 0.6) is 0 Å². The van der Waals surface area contributed by atoms with E-state index in [-0.39, 0.29) is 12.5 Å². The fourth-order valence-electron chi connectivity index (χ4n) is 4.65. The van der Waals surface area contributed by atoms with Crippen LogP contribution in [-0.4, -0.2) is 82.4 Å². The minimum Gasteiger partial charge on any atom is -0.468 e. The molecule has 1 aromatic carbocycles. The Morgan fingerprint density at radius 3 is 2.55 bits per heavy atom. The Hall–Kier alpha value is -2.06. The molecule has 156 valence electrons. The normalized spacial score (nSPS) is 24.5. The highest BCUT2D eigenvalue weighted by Gasteiger charge is 2.58. The van der Waals surface area contributed by atoms with Gasteiger partial charge in [0.1, 0.15) is 12.1 Å². The molecular formula is C21H27N3O4S. The van der Waals surface area contributed by atoms with Gasteiger partial charge in [0.25, 0.3) is 5.91 Å². The first-order valence-corrected chi connectivity index (χ1v) is 11.3. The first-order valence-electron chi connectivity index (χ1n) is 10.1. The number of imide groups is 1. The maximum atomic E-state index is 13.4. The van der Waals surface area contributed by atoms with Gasteiger partial charge in [-0.1, -0.05) is 30.3 Å². The molecule has 1 aromatic rings. The highest BCUT2D eigenvalue weighted by Crippen LogP contribution is 2.39. The minimum absolute atomic E-state index is 0.260. The molecular weight excluding hydrogens is 390 g/mol. The topological polar surface area (TPSA) is 70.2 Å². The maximum Gasteiger partial charge on any atom is 0.328 e. The average molecular weight is 418 g/mol. The predicted octanol–water partition coefficient (Wildman–Crippen LogP) is 1.96. The molecule has 7 nitrogen and oxygen atoms in total. The minimum atomic E-state index is -0.872. The number of amides is 3. The standard InChI is InChI=1S/C21H27N3O4S/c1-28-18(25)14-23-19(26)21(8-10-22(11-9-21)17-7-12-29-15-17)24(20(23)27)13-16-5-3-2-4-6-16/h2-6,17H,7-15H2,1H3. The summed E-state index contributed by atoms with van der Waals surface area (Å²) in [6, 6.07) is 9.87. The van der Waals surface area contributed by atoms with Crippen molar-refractivity contribution in [2.24, 2.45) is 0 Å². The molecule has 3 aliphatic heterocycles. The van der Waals surface area contributed by atoms with Gasteiger partial charge in [-0.3, -0.25) is 19.4 Å². The van der Waals surface area contributed by atoms with Gasteiger partial charge >= 0.3 is 12.0 Å². The summed E-state index contributed by atoms with van der Waals surface area (Å²) in [4.78, 5) is 43.7. The Labute approximate surface area is 175 Å². The molecule has 3 fully saturated rings. The third kappa shape index (κ3) is 3.75. The van der Waals surface area contributed by atoms with Gasteiger partial charge in [-0.2, -0.15) is 11.8 Å². The van der Waals surface area contributed by atoms with E-state index in [1.165, 1.54) is 19.3 Å². The van der Waals surface area contributed by atoms with Crippen LogP contribution in [0.4, 0.5) is 4.79 Å². The fourth-order valence-corrected chi connectivity index (χ4v) is 5.91. The lowest BCUT2D eigenvalue weighted by molar-refractivity contribution is -0.146. The first-order chi connectivity index (χ1) is 14.0. The summed E-state index contributed by atoms with van der Waals surface area (Å²) >= 11 is 1.98. The number of nitrogens with zero attached hydrogens (tertiary/aromatic N) is 3. The molecule has 1 spiro atoms. The number of ether oxygens (including phenoxy) is 1. The van der Waals surface area contributed by atoms with Crippen LogP contribution in [0, 0.1) is 0 Å². The number of carbonyl (C=O) groups excluding carboxylic acids is 3. The molecule has 3 heterocycles. The van der Waals surface area contributed by atoms with E-state index < -0.39 is 17.5 Å². The second-order valence-electron chi connectivity index (χ2n) is 7.91. The van der Waals surface area contributed by atoms with Crippen LogP contribution < -0.4 is 0 Å². The molecule has 3 aliphatic rings. The van der Waals surface area contributed by atoms with Crippen LogP contribution in [0.25, 0.3) is 0 Å². The Balaban J connectivity index is 1.58. The third-order valence-corrected chi connectivity index (χ3v) is 7.51. The lowest BCUT2D eigenvalue weighted by Gasteiger charge is -2.44. The van der Waals surface area contributed by atoms with Gasteiger partial charge in [-0.15, -0.1) is 0 Å². The molecule has 29 heavy (non-hydrogen) atoms. The van der Waals surface area contributed by atoms with E-state index in [9.17, 15) is 14.4 Å². The number of hydrogen-bond acceptors (Lipinski definition) is 6. The lowest BCUT2D eigenvalue weighted by atomic mass is 9.85. The van der Waals surface area contributed by atoms with E-state index >= 15 is 0 Å². The molecule has 3 saturated heterocycles. The van der Waals surface area contributed by atoms with Crippen LogP contribution in [0.3, 0.4) is 0 Å². The van der Waals surface area contributed by atoms with Crippen LogP contribution in [0.15, 0.2) is 30.3 Å². The van der Waals surface area contributed by atoms with Gasteiger partial charge in [0, 0.05) is 31.4 Å². The molecule has 8 heteroatoms. The van der Waals surface area contributed by atoms with Crippen molar-refractivity contribution in [3.8, 4) is 0 Å². The van der Waals surface area contributed by atoms with Crippen LogP contribution in [-0.2, 0) is 20.9 Å². The molecule has 4 rings (SSSR count). The summed E-state index contributed by atoms with van der Waals surface area (Å²) in [5.41, 5.74) is 0.103. The number of benzene rings is 1. The van der Waals surface area contributed by atoms with Crippen LogP contribution in [0.1, 0.15) is 24.8 Å². The number of urea groups is 1. The third-order valence-electron chi connectivity index (χ3n) is 6.37. The molecule has 0 aliphatic carbocycles. The van der Waals surface area contributed by atoms with Crippen molar-refractivity contribution in [3.05, 3.63) is 35.9 Å². The summed E-state index contributed by atoms with van der Waals surface area (Å²) in [5, 5.41) is 0. The number of esters is 1. The van der Waals surface area contributed by atoms with Crippen LogP contribution >= 0.6 is 11.8 Å². The fraction of sp³-hybridized carbons (Fsp3) is 0.571. The number of hydrogen-bond donors (Lipinski definition) is 0. The quantitative estimate of drug-likeness (QED) is 0.539. The first kappa shape index (κ1) is 20.2. The number of carbonyl (C=O) groups is 3. The van der Waals surface area contributed by atoms with Crippen LogP contribution in [0.2, 0.25) is 0 Å². The van der Waals surface area contributed by atoms with Gasteiger partial charge in [0.2, 0.25) is 0 Å². The molecule has 0 aromatic heterocycles. The van der Waals surface area contributed by atoms with Gasteiger partial charge in [0.05, 0.1) is 7.11 Å². The van der Waals surface area contributed by atoms with Crippen molar-refractivity contribution in [1.82, 2.24) is 14.7 Å². The van der Waals surface area contributed by atoms with Crippen molar-refractivity contribution in [3.63, 3.8) is 0 Å². The van der Waals surface area contributed by atoms with Crippen molar-refractivity contribution in [2.75, 3.05) is 38.2 Å². The highest BCUT2D eigenvalue weighted by molar-refractivity contribution is 7.99. The van der Waals surface area contributed by atoms with Crippen molar-refractivity contribution >= 4 is 29.7 Å². The Morgan fingerprint density at radius 2 is 1.93 bits per heavy atom. The summed E-state index contributed by atoms with van der Waals surface area (Å²) in [7, 11) is 1.27. The maximum absolute atomic E-state index is 13.4. The van der Waals surface area contributed by atoms with E-state index in [1.54, 1.807) is 4.90 Å². The number of rotatable bonds is 5. The molecule has 3 amide bonds. The smallest absolute Gasteiger partial charge is 0.328 e. The zero-order chi connectivity index (χ0) is 20.4. The number of thioether (sulfide) groups is 1. The SMILES string of the molecule is COC(=O)CN1C(=O)N(Cc2ccccc2)C2(CCN(C3CCSC3)CC2)C1=O. The van der Waals surface area contributed by atoms with E-state index in [0.29, 0.717) is 25.4 Å². The van der Waals surface area contributed by atoms with E-state index in [0.717, 1.165) is 29.3 Å². The zero-order valence-electron chi connectivity index (χ0n) is 16.7. The molecule has 0 saturated carbocycles. The van der Waals surface area contributed by atoms with Gasteiger partial charge in [-0.05, 0) is 30.6 Å². The number of piperidine rings is 1. The molecule has 1 unspecified atom stereocenters. The Kier molecular flexibility index (Phi) is 5.83. The number of likely N-dealkylation sites (tertiary alicyclic amines) is 1. The monoisotopic (exact) mass is 417 g/mol. The van der Waals surface area contributed by atoms with Gasteiger partial charge in [-0.25, -0.2) is 4.79 Å². The molecule has 0 radical (unpaired) electrons. The Morgan fingerprint density at radius 1 is 1.21 bits per heavy atom. The zero-order valence-corrected chi connectivity index (χ0v) is 17.5. The van der Waals surface area contributed by atoms with E-state index in [2.05, 4.69) is 4.90 Å². The van der Waals surface area contributed by atoms with E-state index in [4.69, 9.17) is 4.74 Å². The summed E-state index contributed by atoms with van der Waals surface area (Å²) in [6.45, 7) is 1.62. The second-order valence-corrected chi connectivity index (χ2v) is 9.06. The van der Waals surface area contributed by atoms with Gasteiger partial charge < -0.3 is 9.64 Å². The summed E-state index contributed by atoms with van der Waals surface area (Å²) in [6.07, 6.45) is 2.39. The number of methoxy groups -OCH3 is 1. The largest absolute Gasteiger partial charge is 0.468 e. The molecule has 0 N–H and O–H groups in total. The van der Waals surface area contributed by atoms with Crippen molar-refractivity contribution < 1.29 is 19.1 Å². The molecule has 1 atom stereocenters. The van der Waals surface area contributed by atoms with Crippen molar-refractivity contribution in [1.29, 1.82) is 0 Å². The molecule has 0 bridgehead atoms.